The maximum atomic E-state index is 9.04. The molecule has 0 unspecified atom stereocenters. The molecule has 1 aliphatic heterocycles. The minimum atomic E-state index is 0.194. The maximum absolute atomic E-state index is 9.04. The van der Waals surface area contributed by atoms with Crippen LogP contribution in [0.2, 0.25) is 0 Å². The van der Waals surface area contributed by atoms with Crippen LogP contribution in [0, 0.1) is 0 Å². The number of benzene rings is 3. The number of aromatic hydroxyl groups is 2. The first kappa shape index (κ1) is 37.0. The number of fused-ring (bicyclic) bond motifs is 3. The van der Waals surface area contributed by atoms with Gasteiger partial charge in [-0.05, 0) is 73.7 Å². The number of ether oxygens (including phenoxy) is 2. The third-order valence-corrected chi connectivity index (χ3v) is 4.77. The summed E-state index contributed by atoms with van der Waals surface area (Å²) in [7, 11) is 1.65. The number of alkyl halides is 2. The van der Waals surface area contributed by atoms with Gasteiger partial charge in [-0.3, -0.25) is 0 Å². The summed E-state index contributed by atoms with van der Waals surface area (Å²) in [5, 5.41) is 27.8. The van der Waals surface area contributed by atoms with E-state index in [-0.39, 0.29) is 20.9 Å². The Kier molecular flexibility index (Phi) is 19.5. The fourth-order valence-electron chi connectivity index (χ4n) is 3.20. The van der Waals surface area contributed by atoms with Gasteiger partial charge >= 0.3 is 3.18 Å². The van der Waals surface area contributed by atoms with E-state index in [2.05, 4.69) is 47.3 Å². The Morgan fingerprint density at radius 3 is 1.88 bits per heavy atom. The Balaban J connectivity index is 0.000000266. The average molecular weight is 800 g/mol. The zero-order valence-corrected chi connectivity index (χ0v) is 28.5. The highest BCUT2D eigenvalue weighted by Gasteiger charge is 2.10. The van der Waals surface area contributed by atoms with Crippen LogP contribution in [0.1, 0.15) is 12.5 Å². The molecule has 0 atom stereocenters. The molecular weight excluding hydrogens is 770 g/mol. The molecule has 0 bridgehead atoms. The van der Waals surface area contributed by atoms with Crippen molar-refractivity contribution in [2.75, 3.05) is 25.7 Å². The van der Waals surface area contributed by atoms with Crippen LogP contribution in [0.5, 0.6) is 23.0 Å². The van der Waals surface area contributed by atoms with E-state index in [0.717, 1.165) is 52.0 Å². The predicted octanol–water partition coefficient (Wildman–Crippen LogP) is 9.48. The number of rotatable bonds is 1. The van der Waals surface area contributed by atoms with Crippen LogP contribution in [0.3, 0.4) is 0 Å². The van der Waals surface area contributed by atoms with Crippen molar-refractivity contribution in [3.05, 3.63) is 84.8 Å². The van der Waals surface area contributed by atoms with Crippen molar-refractivity contribution in [1.29, 1.82) is 0 Å². The lowest BCUT2D eigenvalue weighted by Gasteiger charge is -1.96. The van der Waals surface area contributed by atoms with Gasteiger partial charge < -0.3 is 33.6 Å². The van der Waals surface area contributed by atoms with Crippen LogP contribution in [-0.2, 0) is 6.42 Å². The number of halogens is 5. The summed E-state index contributed by atoms with van der Waals surface area (Å²) in [5.41, 5.74) is 2.81. The van der Waals surface area contributed by atoms with Gasteiger partial charge in [0.25, 0.3) is 0 Å². The van der Waals surface area contributed by atoms with E-state index in [4.69, 9.17) is 56.8 Å². The lowest BCUT2D eigenvalue weighted by atomic mass is 10.2. The second-order valence-corrected chi connectivity index (χ2v) is 14.8. The van der Waals surface area contributed by atoms with Crippen molar-refractivity contribution >= 4 is 95.6 Å². The second-order valence-electron chi connectivity index (χ2n) is 7.52. The number of hydrogen-bond acceptors (Lipinski definition) is 7. The highest BCUT2D eigenvalue weighted by molar-refractivity contribution is 9.69. The molecule has 222 valence electrons. The van der Waals surface area contributed by atoms with Gasteiger partial charge in [0.05, 0.1) is 31.6 Å². The molecule has 5 aromatic rings. The summed E-state index contributed by atoms with van der Waals surface area (Å²) in [6.45, 7) is 2.68. The monoisotopic (exact) mass is 796 g/mol. The molecule has 3 aromatic carbocycles. The first-order valence-electron chi connectivity index (χ1n) is 12.0. The summed E-state index contributed by atoms with van der Waals surface area (Å²) < 4.78 is 20.8. The van der Waals surface area contributed by atoms with Crippen LogP contribution < -0.4 is 9.47 Å². The minimum Gasteiger partial charge on any atom is -0.508 e. The molecule has 0 radical (unpaired) electrons. The number of phenolic OH excluding ortho intramolecular Hbond substituents is 2. The van der Waals surface area contributed by atoms with Gasteiger partial charge in [0.15, 0.2) is 0 Å². The van der Waals surface area contributed by atoms with Gasteiger partial charge in [-0.25, -0.2) is 0 Å². The fourth-order valence-corrected chi connectivity index (χ4v) is 3.20. The number of methoxy groups -OCH3 is 1. The molecule has 0 aliphatic carbocycles. The second kappa shape index (κ2) is 21.7. The van der Waals surface area contributed by atoms with Crippen LogP contribution in [-0.4, -0.2) is 44.2 Å². The highest BCUT2D eigenvalue weighted by atomic mass is 79.9. The molecule has 0 amide bonds. The number of aliphatic hydroxyl groups excluding tert-OH is 1. The lowest BCUT2D eigenvalue weighted by molar-refractivity contribution is 0.318. The van der Waals surface area contributed by atoms with Crippen LogP contribution in [0.25, 0.3) is 21.9 Å². The summed E-state index contributed by atoms with van der Waals surface area (Å²) in [6, 6.07) is 19.7. The Labute approximate surface area is 274 Å². The number of aliphatic hydroxyl groups is 1. The molecule has 6 rings (SSSR count). The maximum Gasteiger partial charge on any atom is 0.369 e. The van der Waals surface area contributed by atoms with Crippen molar-refractivity contribution in [2.24, 2.45) is 0 Å². The van der Waals surface area contributed by atoms with E-state index >= 15 is 0 Å². The third kappa shape index (κ3) is 15.1. The topological polar surface area (TPSA) is 105 Å². The van der Waals surface area contributed by atoms with Crippen molar-refractivity contribution in [3.8, 4) is 23.0 Å². The van der Waals surface area contributed by atoms with Crippen molar-refractivity contribution < 1.29 is 33.6 Å². The third-order valence-electron chi connectivity index (χ3n) is 4.77. The van der Waals surface area contributed by atoms with Gasteiger partial charge in [0, 0.05) is 29.4 Å². The van der Waals surface area contributed by atoms with Crippen molar-refractivity contribution in [3.63, 3.8) is 0 Å². The van der Waals surface area contributed by atoms with E-state index in [1.54, 1.807) is 63.0 Å². The Morgan fingerprint density at radius 1 is 0.829 bits per heavy atom. The molecule has 2 aromatic heterocycles. The van der Waals surface area contributed by atoms with Crippen LogP contribution in [0.4, 0.5) is 0 Å². The standard InChI is InChI=1S/C9H8O2.C8H8O2.C8H6O2.C2H6O.CH2Cl2.BBr3/c1-10-8-2-3-9-7(6-8)4-5-11-9;2*9-7-1-2-8-6(5-7)3-4-10-8;1-2-3;2-1-3;2-1(3)4/h2-6H,1H3;1-2,5,9H,3-4H2;1-5,9H;3H,2H2,1H3;1H2;. The minimum absolute atomic E-state index is 0.194. The van der Waals surface area contributed by atoms with E-state index in [9.17, 15) is 0 Å². The van der Waals surface area contributed by atoms with Gasteiger partial charge in [-0.1, -0.05) is 0 Å². The number of hydrogen-bond donors (Lipinski definition) is 3. The van der Waals surface area contributed by atoms with Gasteiger partial charge in [-0.15, -0.1) is 70.5 Å². The molecule has 0 spiro atoms. The Hall–Kier alpha value is -2.02. The molecule has 0 saturated carbocycles. The Morgan fingerprint density at radius 2 is 1.32 bits per heavy atom. The molecule has 3 heterocycles. The van der Waals surface area contributed by atoms with Crippen molar-refractivity contribution in [1.82, 2.24) is 0 Å². The molecule has 41 heavy (non-hydrogen) atoms. The molecule has 1 aliphatic rings. The van der Waals surface area contributed by atoms with E-state index in [1.807, 2.05) is 30.3 Å². The van der Waals surface area contributed by atoms with E-state index in [0.29, 0.717) is 5.75 Å². The molecule has 7 nitrogen and oxygen atoms in total. The number of furan rings is 2. The first-order chi connectivity index (χ1) is 19.7. The first-order valence-corrected chi connectivity index (χ1v) is 15.8. The zero-order valence-electron chi connectivity index (χ0n) is 22.3. The molecule has 0 saturated heterocycles. The van der Waals surface area contributed by atoms with Gasteiger partial charge in [0.1, 0.15) is 34.2 Å². The van der Waals surface area contributed by atoms with Crippen LogP contribution in [0.15, 0.2) is 88.1 Å². The average Bonchev–Trinajstić information content (AvgIpc) is 3.70. The molecule has 0 fully saturated rings. The smallest absolute Gasteiger partial charge is 0.369 e. The molecule has 3 N–H and O–H groups in total. The summed E-state index contributed by atoms with van der Waals surface area (Å²) in [4.78, 5) is 0. The lowest BCUT2D eigenvalue weighted by Crippen LogP contribution is -1.85. The SMILES string of the molecule is BrB(Br)Br.CCO.COc1ccc2occc2c1.ClCCl.Oc1ccc2c(c1)CCO2.Oc1ccc2occc2c1. The predicted molar refractivity (Wildman–Crippen MR) is 180 cm³/mol. The van der Waals surface area contributed by atoms with E-state index < -0.39 is 0 Å². The normalized spacial score (nSPS) is 10.3. The largest absolute Gasteiger partial charge is 0.508 e. The van der Waals surface area contributed by atoms with E-state index in [1.165, 1.54) is 0 Å². The summed E-state index contributed by atoms with van der Waals surface area (Å²) in [5.74, 6) is 2.37. The number of phenols is 2. The zero-order chi connectivity index (χ0) is 30.6. The van der Waals surface area contributed by atoms with Crippen molar-refractivity contribution in [2.45, 2.75) is 13.3 Å². The Bertz CT molecular complexity index is 1390. The summed E-state index contributed by atoms with van der Waals surface area (Å²) >= 11 is 18.8. The van der Waals surface area contributed by atoms with Gasteiger partial charge in [-0.2, -0.15) is 0 Å². The molecular formula is C28H30BBr3Cl2O7. The fraction of sp³-hybridized carbons (Fsp3) is 0.214. The molecule has 13 heteroatoms. The summed E-state index contributed by atoms with van der Waals surface area (Å²) in [6.07, 6.45) is 4.19. The van der Waals surface area contributed by atoms with Crippen LogP contribution >= 0.6 is 70.5 Å². The quantitative estimate of drug-likeness (QED) is 0.115. The highest BCUT2D eigenvalue weighted by Crippen LogP contribution is 2.28. The van der Waals surface area contributed by atoms with Gasteiger partial charge in [0.2, 0.25) is 0 Å².